The first-order valence-corrected chi connectivity index (χ1v) is 7.26. The zero-order valence-electron chi connectivity index (χ0n) is 13.1. The fraction of sp³-hybridized carbons (Fsp3) is 0.333. The summed E-state index contributed by atoms with van der Waals surface area (Å²) in [5, 5.41) is 9.46. The van der Waals surface area contributed by atoms with E-state index in [4.69, 9.17) is 5.73 Å². The molecule has 0 aliphatic heterocycles. The molecular weight excluding hydrogens is 296 g/mol. The largest absolute Gasteiger partial charge is 0.327 e. The van der Waals surface area contributed by atoms with E-state index in [1.807, 2.05) is 0 Å². The lowest BCUT2D eigenvalue weighted by Crippen LogP contribution is -2.24. The van der Waals surface area contributed by atoms with Gasteiger partial charge >= 0.3 is 0 Å². The third kappa shape index (κ3) is 4.89. The van der Waals surface area contributed by atoms with Gasteiger partial charge in [0.25, 0.3) is 0 Å². The van der Waals surface area contributed by atoms with Crippen molar-refractivity contribution >= 4 is 23.2 Å². The predicted octanol–water partition coefficient (Wildman–Crippen LogP) is 1.15. The summed E-state index contributed by atoms with van der Waals surface area (Å²) in [6.07, 6.45) is 3.12. The van der Waals surface area contributed by atoms with E-state index in [-0.39, 0.29) is 24.3 Å². The second-order valence-electron chi connectivity index (χ2n) is 5.35. The number of benzene rings is 1. The van der Waals surface area contributed by atoms with Crippen molar-refractivity contribution in [3.8, 4) is 0 Å². The molecule has 122 valence electrons. The highest BCUT2D eigenvalue weighted by molar-refractivity contribution is 5.94. The number of rotatable bonds is 6. The Labute approximate surface area is 134 Å². The topological polar surface area (TPSA) is 115 Å². The third-order valence-corrected chi connectivity index (χ3v) is 3.16. The second-order valence-corrected chi connectivity index (χ2v) is 5.35. The van der Waals surface area contributed by atoms with Gasteiger partial charge in [0.1, 0.15) is 18.7 Å². The van der Waals surface area contributed by atoms with E-state index in [0.717, 1.165) is 0 Å². The summed E-state index contributed by atoms with van der Waals surface area (Å²) < 4.78 is 1.47. The second kappa shape index (κ2) is 7.50. The quantitative estimate of drug-likeness (QED) is 0.739. The summed E-state index contributed by atoms with van der Waals surface area (Å²) in [7, 11) is 0. The van der Waals surface area contributed by atoms with E-state index in [0.29, 0.717) is 11.4 Å². The lowest BCUT2D eigenvalue weighted by atomic mass is 10.2. The van der Waals surface area contributed by atoms with Crippen LogP contribution in [-0.2, 0) is 9.59 Å². The molecule has 2 aromatic rings. The molecule has 2 rings (SSSR count). The summed E-state index contributed by atoms with van der Waals surface area (Å²) in [6.45, 7) is 3.50. The van der Waals surface area contributed by atoms with Crippen LogP contribution < -0.4 is 16.4 Å². The van der Waals surface area contributed by atoms with Crippen LogP contribution in [0.4, 0.5) is 11.4 Å². The van der Waals surface area contributed by atoms with Crippen LogP contribution in [0, 0.1) is 0 Å². The average molecular weight is 316 g/mol. The van der Waals surface area contributed by atoms with Crippen LogP contribution in [0.25, 0.3) is 0 Å². The maximum atomic E-state index is 12.1. The lowest BCUT2D eigenvalue weighted by molar-refractivity contribution is -0.119. The first kappa shape index (κ1) is 16.6. The molecular formula is C15H20N6O2. The Kier molecular flexibility index (Phi) is 5.42. The zero-order valence-corrected chi connectivity index (χ0v) is 13.1. The van der Waals surface area contributed by atoms with E-state index in [1.54, 1.807) is 38.1 Å². The Morgan fingerprint density at radius 3 is 2.30 bits per heavy atom. The highest BCUT2D eigenvalue weighted by Gasteiger charge is 2.15. The summed E-state index contributed by atoms with van der Waals surface area (Å²) in [6, 6.07) is 6.21. The summed E-state index contributed by atoms with van der Waals surface area (Å²) in [5.74, 6) is -0.346. The zero-order chi connectivity index (χ0) is 16.8. The Balaban J connectivity index is 1.92. The average Bonchev–Trinajstić information content (AvgIpc) is 3.01. The van der Waals surface area contributed by atoms with Crippen molar-refractivity contribution in [3.05, 3.63) is 36.9 Å². The summed E-state index contributed by atoms with van der Waals surface area (Å²) in [5.41, 5.74) is 6.86. The molecule has 0 fully saturated rings. The molecule has 1 heterocycles. The summed E-state index contributed by atoms with van der Waals surface area (Å²) >= 11 is 0. The number of anilines is 2. The van der Waals surface area contributed by atoms with Gasteiger partial charge in [-0.2, -0.15) is 5.10 Å². The number of carbonyl (C=O) groups excluding carboxylic acids is 2. The molecule has 0 spiro atoms. The molecule has 0 saturated heterocycles. The minimum absolute atomic E-state index is 0.142. The third-order valence-electron chi connectivity index (χ3n) is 3.16. The normalized spacial score (nSPS) is 13.2. The van der Waals surface area contributed by atoms with Gasteiger partial charge in [-0.1, -0.05) is 0 Å². The molecule has 2 unspecified atom stereocenters. The fourth-order valence-electron chi connectivity index (χ4n) is 1.93. The van der Waals surface area contributed by atoms with E-state index < -0.39 is 6.04 Å². The van der Waals surface area contributed by atoms with Crippen LogP contribution in [-0.4, -0.2) is 32.6 Å². The van der Waals surface area contributed by atoms with E-state index in [1.165, 1.54) is 17.3 Å². The molecule has 0 radical (unpaired) electrons. The van der Waals surface area contributed by atoms with E-state index in [2.05, 4.69) is 20.7 Å². The molecule has 8 nitrogen and oxygen atoms in total. The number of hydrogen-bond donors (Lipinski definition) is 3. The Bertz CT molecular complexity index is 651. The number of aromatic nitrogens is 3. The highest BCUT2D eigenvalue weighted by Crippen LogP contribution is 2.15. The Morgan fingerprint density at radius 2 is 1.78 bits per heavy atom. The fourth-order valence-corrected chi connectivity index (χ4v) is 1.93. The van der Waals surface area contributed by atoms with Crippen LogP contribution in [0.3, 0.4) is 0 Å². The number of nitrogens with one attached hydrogen (secondary N) is 2. The number of amides is 2. The van der Waals surface area contributed by atoms with Gasteiger partial charge in [-0.3, -0.25) is 9.59 Å². The van der Waals surface area contributed by atoms with Crippen molar-refractivity contribution in [3.63, 3.8) is 0 Å². The first-order valence-electron chi connectivity index (χ1n) is 7.26. The molecule has 0 bridgehead atoms. The van der Waals surface area contributed by atoms with Crippen LogP contribution in [0.15, 0.2) is 36.9 Å². The Morgan fingerprint density at radius 1 is 1.17 bits per heavy atom. The molecule has 23 heavy (non-hydrogen) atoms. The lowest BCUT2D eigenvalue weighted by Gasteiger charge is -2.12. The SMILES string of the molecule is CC(N)CC(=O)Nc1ccc(NC(=O)C(C)n2cncn2)cc1. The van der Waals surface area contributed by atoms with E-state index in [9.17, 15) is 9.59 Å². The van der Waals surface area contributed by atoms with Gasteiger partial charge in [0.2, 0.25) is 11.8 Å². The van der Waals surface area contributed by atoms with Gasteiger partial charge in [-0.15, -0.1) is 0 Å². The number of nitrogens with two attached hydrogens (primary N) is 1. The van der Waals surface area contributed by atoms with Gasteiger partial charge in [-0.25, -0.2) is 9.67 Å². The molecule has 2 amide bonds. The molecule has 0 aliphatic carbocycles. The predicted molar refractivity (Wildman–Crippen MR) is 86.7 cm³/mol. The number of carbonyl (C=O) groups is 2. The standard InChI is InChI=1S/C15H20N6O2/c1-10(16)7-14(22)19-12-3-5-13(6-4-12)20-15(23)11(2)21-9-17-8-18-21/h3-6,8-11H,7,16H2,1-2H3,(H,19,22)(H,20,23). The molecule has 0 aliphatic rings. The monoisotopic (exact) mass is 316 g/mol. The maximum absolute atomic E-state index is 12.1. The van der Waals surface area contributed by atoms with Crippen molar-refractivity contribution in [2.75, 3.05) is 10.6 Å². The van der Waals surface area contributed by atoms with Crippen molar-refractivity contribution in [1.29, 1.82) is 0 Å². The van der Waals surface area contributed by atoms with Crippen LogP contribution >= 0.6 is 0 Å². The number of hydrogen-bond acceptors (Lipinski definition) is 5. The summed E-state index contributed by atoms with van der Waals surface area (Å²) in [4.78, 5) is 27.6. The first-order chi connectivity index (χ1) is 11.0. The molecule has 1 aromatic heterocycles. The minimum Gasteiger partial charge on any atom is -0.327 e. The molecule has 1 aromatic carbocycles. The van der Waals surface area contributed by atoms with E-state index >= 15 is 0 Å². The Hall–Kier alpha value is -2.74. The molecule has 2 atom stereocenters. The minimum atomic E-state index is -0.470. The smallest absolute Gasteiger partial charge is 0.249 e. The highest BCUT2D eigenvalue weighted by atomic mass is 16.2. The van der Waals surface area contributed by atoms with Gasteiger partial charge in [0, 0.05) is 23.8 Å². The molecule has 4 N–H and O–H groups in total. The van der Waals surface area contributed by atoms with Crippen molar-refractivity contribution in [2.45, 2.75) is 32.4 Å². The molecule has 0 saturated carbocycles. The van der Waals surface area contributed by atoms with Gasteiger partial charge in [0.15, 0.2) is 0 Å². The van der Waals surface area contributed by atoms with Gasteiger partial charge < -0.3 is 16.4 Å². The number of nitrogens with zero attached hydrogens (tertiary/aromatic N) is 3. The van der Waals surface area contributed by atoms with Crippen molar-refractivity contribution in [2.24, 2.45) is 5.73 Å². The van der Waals surface area contributed by atoms with Crippen molar-refractivity contribution in [1.82, 2.24) is 14.8 Å². The van der Waals surface area contributed by atoms with Crippen LogP contribution in [0.2, 0.25) is 0 Å². The van der Waals surface area contributed by atoms with Crippen LogP contribution in [0.5, 0.6) is 0 Å². The van der Waals surface area contributed by atoms with Gasteiger partial charge in [-0.05, 0) is 38.1 Å². The molecule has 8 heteroatoms. The van der Waals surface area contributed by atoms with Crippen LogP contribution in [0.1, 0.15) is 26.3 Å². The van der Waals surface area contributed by atoms with Gasteiger partial charge in [0.05, 0.1) is 0 Å². The maximum Gasteiger partial charge on any atom is 0.249 e. The van der Waals surface area contributed by atoms with Crippen molar-refractivity contribution < 1.29 is 9.59 Å².